The summed E-state index contributed by atoms with van der Waals surface area (Å²) in [5, 5.41) is 6.27. The summed E-state index contributed by atoms with van der Waals surface area (Å²) in [6.07, 6.45) is 0. The first-order valence-corrected chi connectivity index (χ1v) is 7.83. The molecule has 1 rings (SSSR count). The van der Waals surface area contributed by atoms with Crippen molar-refractivity contribution in [3.63, 3.8) is 0 Å². The summed E-state index contributed by atoms with van der Waals surface area (Å²) in [5.41, 5.74) is 1.05. The van der Waals surface area contributed by atoms with Gasteiger partial charge in [-0.25, -0.2) is 4.99 Å². The second-order valence-electron chi connectivity index (χ2n) is 5.66. The van der Waals surface area contributed by atoms with Crippen molar-refractivity contribution < 1.29 is 14.3 Å². The number of benzene rings is 1. The van der Waals surface area contributed by atoms with Gasteiger partial charge in [-0.05, 0) is 24.6 Å². The number of carbonyl (C=O) groups excluding carboxylic acids is 1. The molecule has 0 aliphatic rings. The fourth-order valence-corrected chi connectivity index (χ4v) is 1.90. The predicted molar refractivity (Wildman–Crippen MR) is 95.3 cm³/mol. The van der Waals surface area contributed by atoms with E-state index in [0.29, 0.717) is 19.1 Å². The van der Waals surface area contributed by atoms with Crippen molar-refractivity contribution in [2.24, 2.45) is 4.99 Å². The van der Waals surface area contributed by atoms with Gasteiger partial charge >= 0.3 is 0 Å². The van der Waals surface area contributed by atoms with Crippen LogP contribution in [-0.2, 0) is 16.1 Å². The smallest absolute Gasteiger partial charge is 0.241 e. The zero-order valence-electron chi connectivity index (χ0n) is 15.1. The summed E-state index contributed by atoms with van der Waals surface area (Å²) < 4.78 is 10.3. The monoisotopic (exact) mass is 336 g/mol. The van der Waals surface area contributed by atoms with Crippen molar-refractivity contribution in [3.05, 3.63) is 29.8 Å². The number of guanidine groups is 1. The van der Waals surface area contributed by atoms with Crippen molar-refractivity contribution in [3.8, 4) is 5.75 Å². The van der Waals surface area contributed by atoms with Crippen LogP contribution >= 0.6 is 0 Å². The number of methoxy groups -OCH3 is 2. The molecule has 0 spiro atoms. The molecule has 0 heterocycles. The third kappa shape index (κ3) is 7.32. The lowest BCUT2D eigenvalue weighted by Gasteiger charge is -2.18. The Hall–Kier alpha value is -2.28. The second kappa shape index (κ2) is 10.5. The highest BCUT2D eigenvalue weighted by Gasteiger charge is 2.08. The van der Waals surface area contributed by atoms with Crippen molar-refractivity contribution in [2.75, 3.05) is 41.5 Å². The third-order valence-electron chi connectivity index (χ3n) is 3.28. The first-order valence-electron chi connectivity index (χ1n) is 7.83. The first kappa shape index (κ1) is 19.8. The molecule has 1 aromatic carbocycles. The van der Waals surface area contributed by atoms with E-state index < -0.39 is 0 Å². The number of ether oxygens (including phenoxy) is 2. The molecule has 1 amide bonds. The minimum Gasteiger partial charge on any atom is -0.497 e. The number of nitrogens with one attached hydrogen (secondary N) is 2. The average molecular weight is 336 g/mol. The zero-order valence-corrected chi connectivity index (χ0v) is 15.1. The van der Waals surface area contributed by atoms with Gasteiger partial charge < -0.3 is 25.0 Å². The fourth-order valence-electron chi connectivity index (χ4n) is 1.90. The molecule has 0 bridgehead atoms. The van der Waals surface area contributed by atoms with E-state index in [2.05, 4.69) is 15.6 Å². The maximum Gasteiger partial charge on any atom is 0.241 e. The number of likely N-dealkylation sites (N-methyl/N-ethyl adjacent to an activating group) is 1. The number of hydrogen-bond donors (Lipinski definition) is 2. The van der Waals surface area contributed by atoms with Crippen molar-refractivity contribution in [1.82, 2.24) is 15.5 Å². The number of aliphatic imine (C=N–C) groups is 1. The molecular formula is C17H28N4O3. The lowest BCUT2D eigenvalue weighted by Crippen LogP contribution is -2.47. The van der Waals surface area contributed by atoms with Gasteiger partial charge in [0.2, 0.25) is 5.91 Å². The maximum absolute atomic E-state index is 11.7. The Morgan fingerprint density at radius 1 is 1.25 bits per heavy atom. The molecule has 0 aliphatic heterocycles. The zero-order chi connectivity index (χ0) is 17.9. The standard InChI is InChI=1S/C17H28N4O3/c1-13(12-23-4)20-17(19-11-16(22)21(2)3)18-10-14-6-8-15(24-5)9-7-14/h6-9,13H,10-12H2,1-5H3,(H2,18,19,20). The number of carbonyl (C=O) groups is 1. The van der Waals surface area contributed by atoms with Crippen molar-refractivity contribution in [2.45, 2.75) is 19.5 Å². The molecule has 0 fully saturated rings. The molecule has 1 aromatic rings. The summed E-state index contributed by atoms with van der Waals surface area (Å²) >= 11 is 0. The second-order valence-corrected chi connectivity index (χ2v) is 5.66. The van der Waals surface area contributed by atoms with E-state index >= 15 is 0 Å². The van der Waals surface area contributed by atoms with Crippen LogP contribution in [-0.4, -0.2) is 64.3 Å². The van der Waals surface area contributed by atoms with Crippen LogP contribution in [0, 0.1) is 0 Å². The first-order chi connectivity index (χ1) is 11.5. The van der Waals surface area contributed by atoms with Crippen molar-refractivity contribution in [1.29, 1.82) is 0 Å². The Labute approximate surface area is 144 Å². The fraction of sp³-hybridized carbons (Fsp3) is 0.529. The van der Waals surface area contributed by atoms with E-state index in [1.54, 1.807) is 28.3 Å². The minimum absolute atomic E-state index is 0.0201. The molecule has 1 atom stereocenters. The van der Waals surface area contributed by atoms with E-state index in [4.69, 9.17) is 9.47 Å². The molecular weight excluding hydrogens is 308 g/mol. The topological polar surface area (TPSA) is 75.2 Å². The van der Waals surface area contributed by atoms with Crippen LogP contribution in [0.2, 0.25) is 0 Å². The highest BCUT2D eigenvalue weighted by molar-refractivity contribution is 5.86. The van der Waals surface area contributed by atoms with Crippen LogP contribution < -0.4 is 15.4 Å². The molecule has 24 heavy (non-hydrogen) atoms. The summed E-state index contributed by atoms with van der Waals surface area (Å²) in [6.45, 7) is 3.21. The number of nitrogens with zero attached hydrogens (tertiary/aromatic N) is 2. The van der Waals surface area contributed by atoms with Gasteiger partial charge in [-0.15, -0.1) is 0 Å². The van der Waals surface area contributed by atoms with Gasteiger partial charge in [0.25, 0.3) is 0 Å². The Kier molecular flexibility index (Phi) is 8.64. The van der Waals surface area contributed by atoms with Gasteiger partial charge in [0.1, 0.15) is 5.75 Å². The lowest BCUT2D eigenvalue weighted by molar-refractivity contribution is -0.127. The van der Waals surface area contributed by atoms with Crippen LogP contribution in [0.15, 0.2) is 29.3 Å². The van der Waals surface area contributed by atoms with E-state index in [9.17, 15) is 4.79 Å². The van der Waals surface area contributed by atoms with E-state index in [1.165, 1.54) is 4.90 Å². The number of amides is 1. The Morgan fingerprint density at radius 2 is 1.92 bits per heavy atom. The molecule has 0 radical (unpaired) electrons. The molecule has 2 N–H and O–H groups in total. The number of rotatable bonds is 8. The molecule has 0 saturated heterocycles. The van der Waals surface area contributed by atoms with Crippen molar-refractivity contribution >= 4 is 11.9 Å². The molecule has 0 aliphatic carbocycles. The maximum atomic E-state index is 11.7. The van der Waals surface area contributed by atoms with Crippen LogP contribution in [0.5, 0.6) is 5.75 Å². The SMILES string of the molecule is COCC(C)NC(=NCc1ccc(OC)cc1)NCC(=O)N(C)C. The van der Waals surface area contributed by atoms with E-state index in [1.807, 2.05) is 31.2 Å². The lowest BCUT2D eigenvalue weighted by atomic mass is 10.2. The largest absolute Gasteiger partial charge is 0.497 e. The third-order valence-corrected chi connectivity index (χ3v) is 3.28. The van der Waals surface area contributed by atoms with Crippen LogP contribution in [0.3, 0.4) is 0 Å². The Morgan fingerprint density at radius 3 is 2.46 bits per heavy atom. The minimum atomic E-state index is -0.0201. The molecule has 7 nitrogen and oxygen atoms in total. The molecule has 0 aromatic heterocycles. The molecule has 7 heteroatoms. The summed E-state index contributed by atoms with van der Waals surface area (Å²) in [7, 11) is 6.73. The summed E-state index contributed by atoms with van der Waals surface area (Å²) in [5.74, 6) is 1.36. The summed E-state index contributed by atoms with van der Waals surface area (Å²) in [6, 6.07) is 7.79. The van der Waals surface area contributed by atoms with Crippen LogP contribution in [0.4, 0.5) is 0 Å². The Balaban J connectivity index is 2.71. The van der Waals surface area contributed by atoms with Gasteiger partial charge in [-0.1, -0.05) is 12.1 Å². The van der Waals surface area contributed by atoms with Crippen LogP contribution in [0.25, 0.3) is 0 Å². The van der Waals surface area contributed by atoms with Gasteiger partial charge in [-0.3, -0.25) is 4.79 Å². The van der Waals surface area contributed by atoms with Gasteiger partial charge in [0, 0.05) is 27.2 Å². The van der Waals surface area contributed by atoms with Gasteiger partial charge in [-0.2, -0.15) is 0 Å². The quantitative estimate of drug-likeness (QED) is 0.544. The normalized spacial score (nSPS) is 12.5. The average Bonchev–Trinajstić information content (AvgIpc) is 2.57. The predicted octanol–water partition coefficient (Wildman–Crippen LogP) is 0.854. The van der Waals surface area contributed by atoms with E-state index in [0.717, 1.165) is 11.3 Å². The highest BCUT2D eigenvalue weighted by atomic mass is 16.5. The summed E-state index contributed by atoms with van der Waals surface area (Å²) in [4.78, 5) is 17.8. The van der Waals surface area contributed by atoms with E-state index in [-0.39, 0.29) is 18.5 Å². The van der Waals surface area contributed by atoms with Gasteiger partial charge in [0.15, 0.2) is 5.96 Å². The van der Waals surface area contributed by atoms with Crippen LogP contribution in [0.1, 0.15) is 12.5 Å². The molecule has 1 unspecified atom stereocenters. The Bertz CT molecular complexity index is 529. The highest BCUT2D eigenvalue weighted by Crippen LogP contribution is 2.11. The molecule has 0 saturated carbocycles. The molecule has 134 valence electrons. The number of hydrogen-bond acceptors (Lipinski definition) is 4. The van der Waals surface area contributed by atoms with Gasteiger partial charge in [0.05, 0.1) is 26.8 Å².